The van der Waals surface area contributed by atoms with E-state index in [0.29, 0.717) is 35.7 Å². The molecule has 1 saturated heterocycles. The first-order chi connectivity index (χ1) is 11.5. The fourth-order valence-corrected chi connectivity index (χ4v) is 2.56. The number of anilines is 1. The van der Waals surface area contributed by atoms with Crippen molar-refractivity contribution >= 4 is 11.7 Å². The molecule has 0 radical (unpaired) electrons. The minimum Gasteiger partial charge on any atom is -0.619 e. The van der Waals surface area contributed by atoms with E-state index in [0.717, 1.165) is 5.82 Å². The molecule has 8 heteroatoms. The number of ether oxygens (including phenoxy) is 1. The predicted molar refractivity (Wildman–Crippen MR) is 86.7 cm³/mol. The number of aromatic nitrogens is 3. The number of hydrogen-bond donors (Lipinski definition) is 0. The van der Waals surface area contributed by atoms with Crippen LogP contribution in [-0.4, -0.2) is 54.3 Å². The lowest BCUT2D eigenvalue weighted by molar-refractivity contribution is -0.605. The third kappa shape index (κ3) is 3.53. The highest BCUT2D eigenvalue weighted by Crippen LogP contribution is 2.19. The highest BCUT2D eigenvalue weighted by Gasteiger charge is 2.29. The van der Waals surface area contributed by atoms with E-state index in [9.17, 15) is 10.0 Å². The van der Waals surface area contributed by atoms with Crippen LogP contribution in [0, 0.1) is 5.21 Å². The quantitative estimate of drug-likeness (QED) is 0.599. The Bertz CT molecular complexity index is 720. The lowest BCUT2D eigenvalue weighted by atomic mass is 10.2. The Labute approximate surface area is 139 Å². The average Bonchev–Trinajstić information content (AvgIpc) is 3.03. The molecular formula is C16H19N5O3. The molecule has 126 valence electrons. The molecule has 3 heterocycles. The normalized spacial score (nSPS) is 16.9. The summed E-state index contributed by atoms with van der Waals surface area (Å²) in [6.45, 7) is 1.05. The third-order valence-electron chi connectivity index (χ3n) is 3.83. The van der Waals surface area contributed by atoms with Crippen molar-refractivity contribution in [3.8, 4) is 5.88 Å². The molecule has 0 bridgehead atoms. The van der Waals surface area contributed by atoms with Crippen LogP contribution in [0.2, 0.25) is 0 Å². The summed E-state index contributed by atoms with van der Waals surface area (Å²) in [6.07, 6.45) is 3.22. The molecule has 0 saturated carbocycles. The largest absolute Gasteiger partial charge is 0.619 e. The molecular weight excluding hydrogens is 310 g/mol. The summed E-state index contributed by atoms with van der Waals surface area (Å²) in [4.78, 5) is 15.9. The number of likely N-dealkylation sites (tertiary alicyclic amines) is 1. The first-order valence-electron chi connectivity index (χ1n) is 7.69. The van der Waals surface area contributed by atoms with Gasteiger partial charge in [-0.05, 0) is 12.1 Å². The summed E-state index contributed by atoms with van der Waals surface area (Å²) in [6, 6.07) is 6.80. The van der Waals surface area contributed by atoms with E-state index >= 15 is 0 Å². The zero-order valence-corrected chi connectivity index (χ0v) is 13.6. The molecule has 1 aliphatic rings. The summed E-state index contributed by atoms with van der Waals surface area (Å²) < 4.78 is 6.42. The van der Waals surface area contributed by atoms with Crippen LogP contribution in [0.5, 0.6) is 5.88 Å². The molecule has 1 aliphatic heterocycles. The van der Waals surface area contributed by atoms with Crippen molar-refractivity contribution in [2.45, 2.75) is 12.5 Å². The number of carbonyl (C=O) groups is 1. The van der Waals surface area contributed by atoms with Crippen LogP contribution in [0.4, 0.5) is 5.82 Å². The lowest BCUT2D eigenvalue weighted by Crippen LogP contribution is -2.33. The van der Waals surface area contributed by atoms with Crippen LogP contribution in [0.1, 0.15) is 16.8 Å². The topological polar surface area (TPSA) is 85.5 Å². The van der Waals surface area contributed by atoms with Crippen LogP contribution in [-0.2, 0) is 0 Å². The van der Waals surface area contributed by atoms with E-state index in [-0.39, 0.29) is 12.0 Å². The fourth-order valence-electron chi connectivity index (χ4n) is 2.56. The number of rotatable bonds is 4. The maximum atomic E-state index is 12.4. The highest BCUT2D eigenvalue weighted by molar-refractivity contribution is 5.93. The van der Waals surface area contributed by atoms with Gasteiger partial charge < -0.3 is 19.7 Å². The van der Waals surface area contributed by atoms with Crippen LogP contribution < -0.4 is 14.4 Å². The van der Waals surface area contributed by atoms with Gasteiger partial charge >= 0.3 is 0 Å². The first-order valence-corrected chi connectivity index (χ1v) is 7.69. The van der Waals surface area contributed by atoms with Crippen LogP contribution >= 0.6 is 0 Å². The Morgan fingerprint density at radius 3 is 2.88 bits per heavy atom. The predicted octanol–water partition coefficient (Wildman–Crippen LogP) is 0.469. The van der Waals surface area contributed by atoms with Gasteiger partial charge in [0.1, 0.15) is 11.7 Å². The standard InChI is InChI=1S/C16H19N5O3/c1-19(2)14-5-6-15(18-17-14)24-13-7-9-20(11-13)16(22)12-4-3-8-21(23)10-12/h3-6,8,10,13H,7,9,11H2,1-2H3. The molecule has 0 spiro atoms. The van der Waals surface area contributed by atoms with Crippen molar-refractivity contribution in [1.29, 1.82) is 0 Å². The molecule has 8 nitrogen and oxygen atoms in total. The first kappa shape index (κ1) is 16.0. The van der Waals surface area contributed by atoms with Crippen molar-refractivity contribution in [3.05, 3.63) is 47.4 Å². The summed E-state index contributed by atoms with van der Waals surface area (Å²) in [5, 5.41) is 19.4. The van der Waals surface area contributed by atoms with Crippen molar-refractivity contribution in [1.82, 2.24) is 15.1 Å². The second kappa shape index (κ2) is 6.69. The molecule has 2 aromatic heterocycles. The van der Waals surface area contributed by atoms with Gasteiger partial charge in [-0.3, -0.25) is 4.79 Å². The molecule has 1 fully saturated rings. The van der Waals surface area contributed by atoms with Gasteiger partial charge in [0.05, 0.1) is 6.54 Å². The van der Waals surface area contributed by atoms with E-state index in [4.69, 9.17) is 4.74 Å². The summed E-state index contributed by atoms with van der Waals surface area (Å²) in [7, 11) is 3.78. The van der Waals surface area contributed by atoms with Crippen LogP contribution in [0.15, 0.2) is 36.7 Å². The third-order valence-corrected chi connectivity index (χ3v) is 3.83. The second-order valence-corrected chi connectivity index (χ2v) is 5.86. The van der Waals surface area contributed by atoms with Gasteiger partial charge in [-0.2, -0.15) is 4.73 Å². The summed E-state index contributed by atoms with van der Waals surface area (Å²) >= 11 is 0. The monoisotopic (exact) mass is 329 g/mol. The van der Waals surface area contributed by atoms with Gasteiger partial charge in [0.2, 0.25) is 5.88 Å². The molecule has 2 aromatic rings. The summed E-state index contributed by atoms with van der Waals surface area (Å²) in [5.41, 5.74) is 0.378. The average molecular weight is 329 g/mol. The summed E-state index contributed by atoms with van der Waals surface area (Å²) in [5.74, 6) is 1.03. The van der Waals surface area contributed by atoms with Crippen molar-refractivity contribution in [3.63, 3.8) is 0 Å². The SMILES string of the molecule is CN(C)c1ccc(OC2CCN(C(=O)c3ccc[n+]([O-])c3)C2)nn1. The maximum absolute atomic E-state index is 12.4. The molecule has 1 amide bonds. The van der Waals surface area contributed by atoms with Gasteiger partial charge in [-0.1, -0.05) is 0 Å². The number of hydrogen-bond acceptors (Lipinski definition) is 6. The molecule has 1 unspecified atom stereocenters. The van der Waals surface area contributed by atoms with Crippen molar-refractivity contribution < 1.29 is 14.3 Å². The Hall–Kier alpha value is -2.90. The smallest absolute Gasteiger partial charge is 0.260 e. The Balaban J connectivity index is 1.60. The Morgan fingerprint density at radius 2 is 2.21 bits per heavy atom. The van der Waals surface area contributed by atoms with E-state index in [1.54, 1.807) is 23.1 Å². The highest BCUT2D eigenvalue weighted by atomic mass is 16.5. The minimum absolute atomic E-state index is 0.128. The van der Waals surface area contributed by atoms with Gasteiger partial charge in [0, 0.05) is 39.2 Å². The lowest BCUT2D eigenvalue weighted by Gasteiger charge is -2.17. The number of nitrogens with zero attached hydrogens (tertiary/aromatic N) is 5. The zero-order valence-electron chi connectivity index (χ0n) is 13.6. The van der Waals surface area contributed by atoms with Crippen LogP contribution in [0.3, 0.4) is 0 Å². The van der Waals surface area contributed by atoms with Crippen LogP contribution in [0.25, 0.3) is 0 Å². The van der Waals surface area contributed by atoms with Gasteiger partial charge in [-0.15, -0.1) is 10.2 Å². The fraction of sp³-hybridized carbons (Fsp3) is 0.375. The van der Waals surface area contributed by atoms with Gasteiger partial charge in [0.15, 0.2) is 18.2 Å². The Kier molecular flexibility index (Phi) is 4.45. The van der Waals surface area contributed by atoms with E-state index < -0.39 is 0 Å². The molecule has 0 aliphatic carbocycles. The number of pyridine rings is 1. The van der Waals surface area contributed by atoms with Crippen molar-refractivity contribution in [2.75, 3.05) is 32.1 Å². The zero-order chi connectivity index (χ0) is 17.1. The van der Waals surface area contributed by atoms with Gasteiger partial charge in [-0.25, -0.2) is 0 Å². The molecule has 3 rings (SSSR count). The second-order valence-electron chi connectivity index (χ2n) is 5.86. The minimum atomic E-state index is -0.166. The van der Waals surface area contributed by atoms with Gasteiger partial charge in [0.25, 0.3) is 5.91 Å². The van der Waals surface area contributed by atoms with E-state index in [2.05, 4.69) is 10.2 Å². The van der Waals surface area contributed by atoms with E-state index in [1.165, 1.54) is 12.4 Å². The molecule has 0 aromatic carbocycles. The number of carbonyl (C=O) groups excluding carboxylic acids is 1. The Morgan fingerprint density at radius 1 is 1.38 bits per heavy atom. The number of amides is 1. The molecule has 24 heavy (non-hydrogen) atoms. The molecule has 1 atom stereocenters. The van der Waals surface area contributed by atoms with Crippen molar-refractivity contribution in [2.24, 2.45) is 0 Å². The maximum Gasteiger partial charge on any atom is 0.260 e. The van der Waals surface area contributed by atoms with E-state index in [1.807, 2.05) is 25.1 Å². The molecule has 0 N–H and O–H groups in total.